The fourth-order valence-corrected chi connectivity index (χ4v) is 1.41. The summed E-state index contributed by atoms with van der Waals surface area (Å²) < 4.78 is 5.33. The van der Waals surface area contributed by atoms with Gasteiger partial charge in [-0.1, -0.05) is 6.92 Å². The zero-order valence-corrected chi connectivity index (χ0v) is 9.36. The van der Waals surface area contributed by atoms with E-state index in [2.05, 4.69) is 10.6 Å². The maximum Gasteiger partial charge on any atom is 0.314 e. The Morgan fingerprint density at radius 1 is 1.50 bits per heavy atom. The number of hydrogen-bond acceptors (Lipinski definition) is 3. The van der Waals surface area contributed by atoms with E-state index in [-0.39, 0.29) is 18.7 Å². The lowest BCUT2D eigenvalue weighted by Crippen LogP contribution is -2.42. The molecule has 6 nitrogen and oxygen atoms in total. The van der Waals surface area contributed by atoms with Crippen LogP contribution in [0.25, 0.3) is 0 Å². The van der Waals surface area contributed by atoms with Gasteiger partial charge in [-0.15, -0.1) is 0 Å². The minimum Gasteiger partial charge on any atom is -0.481 e. The molecule has 2 atom stereocenters. The van der Waals surface area contributed by atoms with Crippen molar-refractivity contribution < 1.29 is 19.4 Å². The molecular weight excluding hydrogens is 212 g/mol. The Hall–Kier alpha value is -1.30. The quantitative estimate of drug-likeness (QED) is 0.629. The maximum absolute atomic E-state index is 11.3. The van der Waals surface area contributed by atoms with Gasteiger partial charge in [0.2, 0.25) is 0 Å². The van der Waals surface area contributed by atoms with Gasteiger partial charge in [0.1, 0.15) is 0 Å². The number of carboxylic acid groups (broad SMARTS) is 1. The van der Waals surface area contributed by atoms with Crippen molar-refractivity contribution in [3.8, 4) is 0 Å². The summed E-state index contributed by atoms with van der Waals surface area (Å²) in [7, 11) is 0. The van der Waals surface area contributed by atoms with Crippen LogP contribution in [0.15, 0.2) is 0 Å². The average Bonchev–Trinajstić information content (AvgIpc) is 2.75. The predicted octanol–water partition coefficient (Wildman–Crippen LogP) is 0.185. The van der Waals surface area contributed by atoms with Crippen LogP contribution in [0, 0.1) is 5.92 Å². The lowest BCUT2D eigenvalue weighted by atomic mass is 10.2. The first-order chi connectivity index (χ1) is 7.59. The number of ether oxygens (including phenoxy) is 1. The normalized spacial score (nSPS) is 21.4. The van der Waals surface area contributed by atoms with E-state index in [1.54, 1.807) is 6.92 Å². The molecule has 92 valence electrons. The van der Waals surface area contributed by atoms with E-state index in [0.717, 1.165) is 19.4 Å². The largest absolute Gasteiger partial charge is 0.481 e. The molecule has 2 unspecified atom stereocenters. The Morgan fingerprint density at radius 3 is 2.81 bits per heavy atom. The van der Waals surface area contributed by atoms with Crippen molar-refractivity contribution in [2.24, 2.45) is 5.92 Å². The van der Waals surface area contributed by atoms with Crippen LogP contribution in [0.5, 0.6) is 0 Å². The number of carbonyl (C=O) groups excluding carboxylic acids is 1. The zero-order chi connectivity index (χ0) is 12.0. The third-order valence-electron chi connectivity index (χ3n) is 2.50. The number of nitrogens with one attached hydrogen (secondary N) is 2. The second-order valence-corrected chi connectivity index (χ2v) is 3.97. The van der Waals surface area contributed by atoms with E-state index >= 15 is 0 Å². The van der Waals surface area contributed by atoms with Crippen LogP contribution in [-0.2, 0) is 9.53 Å². The molecule has 0 spiro atoms. The Kier molecular flexibility index (Phi) is 5.04. The molecule has 1 fully saturated rings. The smallest absolute Gasteiger partial charge is 0.314 e. The van der Waals surface area contributed by atoms with Crippen molar-refractivity contribution in [2.45, 2.75) is 25.9 Å². The molecule has 6 heteroatoms. The first-order valence-electron chi connectivity index (χ1n) is 5.45. The lowest BCUT2D eigenvalue weighted by Gasteiger charge is -2.12. The first kappa shape index (κ1) is 12.8. The van der Waals surface area contributed by atoms with Crippen LogP contribution in [0.1, 0.15) is 19.8 Å². The zero-order valence-electron chi connectivity index (χ0n) is 9.36. The fraction of sp³-hybridized carbons (Fsp3) is 0.800. The van der Waals surface area contributed by atoms with Gasteiger partial charge in [0.25, 0.3) is 0 Å². The molecule has 1 heterocycles. The van der Waals surface area contributed by atoms with Crippen molar-refractivity contribution in [3.05, 3.63) is 0 Å². The van der Waals surface area contributed by atoms with Crippen LogP contribution in [-0.4, -0.2) is 42.9 Å². The first-order valence-corrected chi connectivity index (χ1v) is 5.45. The molecule has 0 bridgehead atoms. The van der Waals surface area contributed by atoms with E-state index in [4.69, 9.17) is 9.84 Å². The Morgan fingerprint density at radius 2 is 2.25 bits per heavy atom. The van der Waals surface area contributed by atoms with E-state index in [1.807, 2.05) is 0 Å². The van der Waals surface area contributed by atoms with Crippen LogP contribution in [0.3, 0.4) is 0 Å². The molecule has 0 saturated carbocycles. The highest BCUT2D eigenvalue weighted by Gasteiger charge is 2.16. The van der Waals surface area contributed by atoms with Gasteiger partial charge in [0.15, 0.2) is 0 Å². The minimum absolute atomic E-state index is 0.0997. The maximum atomic E-state index is 11.3. The second kappa shape index (κ2) is 6.32. The van der Waals surface area contributed by atoms with Gasteiger partial charge >= 0.3 is 12.0 Å². The second-order valence-electron chi connectivity index (χ2n) is 3.97. The fourth-order valence-electron chi connectivity index (χ4n) is 1.41. The van der Waals surface area contributed by atoms with Crippen molar-refractivity contribution in [3.63, 3.8) is 0 Å². The van der Waals surface area contributed by atoms with E-state index in [1.165, 1.54) is 0 Å². The summed E-state index contributed by atoms with van der Waals surface area (Å²) in [6.45, 7) is 2.91. The molecule has 0 radical (unpaired) electrons. The molecule has 1 aliphatic rings. The number of rotatable bonds is 5. The van der Waals surface area contributed by atoms with Gasteiger partial charge in [-0.25, -0.2) is 4.79 Å². The Bertz CT molecular complexity index is 251. The van der Waals surface area contributed by atoms with Crippen molar-refractivity contribution in [2.75, 3.05) is 19.7 Å². The Labute approximate surface area is 94.3 Å². The number of carboxylic acids is 1. The number of aliphatic carboxylic acids is 1. The highest BCUT2D eigenvalue weighted by Crippen LogP contribution is 2.10. The number of urea groups is 1. The van der Waals surface area contributed by atoms with E-state index < -0.39 is 11.9 Å². The third-order valence-corrected chi connectivity index (χ3v) is 2.50. The van der Waals surface area contributed by atoms with Crippen LogP contribution >= 0.6 is 0 Å². The standard InChI is InChI=1S/C10H18N2O4/c1-7(9(13)14)5-11-10(15)12-6-8-3-2-4-16-8/h7-8H,2-6H2,1H3,(H,13,14)(H2,11,12,15). The van der Waals surface area contributed by atoms with Gasteiger partial charge in [0, 0.05) is 19.7 Å². The van der Waals surface area contributed by atoms with Crippen molar-refractivity contribution >= 4 is 12.0 Å². The lowest BCUT2D eigenvalue weighted by molar-refractivity contribution is -0.140. The molecule has 0 aliphatic carbocycles. The molecule has 3 N–H and O–H groups in total. The summed E-state index contributed by atoms with van der Waals surface area (Å²) in [4.78, 5) is 21.7. The van der Waals surface area contributed by atoms with Crippen LogP contribution in [0.2, 0.25) is 0 Å². The third kappa shape index (κ3) is 4.48. The van der Waals surface area contributed by atoms with Crippen LogP contribution < -0.4 is 10.6 Å². The molecule has 16 heavy (non-hydrogen) atoms. The topological polar surface area (TPSA) is 87.7 Å². The van der Waals surface area contributed by atoms with Gasteiger partial charge in [0.05, 0.1) is 12.0 Å². The highest BCUT2D eigenvalue weighted by molar-refractivity contribution is 5.75. The van der Waals surface area contributed by atoms with E-state index in [0.29, 0.717) is 6.54 Å². The minimum atomic E-state index is -0.917. The summed E-state index contributed by atoms with van der Waals surface area (Å²) >= 11 is 0. The van der Waals surface area contributed by atoms with Gasteiger partial charge in [-0.05, 0) is 12.8 Å². The summed E-state index contributed by atoms with van der Waals surface area (Å²) in [5.74, 6) is -1.49. The molecule has 1 saturated heterocycles. The molecular formula is C10H18N2O4. The van der Waals surface area contributed by atoms with Gasteiger partial charge in [-0.2, -0.15) is 0 Å². The highest BCUT2D eigenvalue weighted by atomic mass is 16.5. The molecule has 0 aromatic heterocycles. The van der Waals surface area contributed by atoms with Gasteiger partial charge < -0.3 is 20.5 Å². The van der Waals surface area contributed by atoms with E-state index in [9.17, 15) is 9.59 Å². The Balaban J connectivity index is 2.08. The summed E-state index contributed by atoms with van der Waals surface area (Å²) in [5.41, 5.74) is 0. The SMILES string of the molecule is CC(CNC(=O)NCC1CCCO1)C(=O)O. The number of amides is 2. The summed E-state index contributed by atoms with van der Waals surface area (Å²) in [5, 5.41) is 13.8. The average molecular weight is 230 g/mol. The molecule has 0 aromatic carbocycles. The molecule has 1 rings (SSSR count). The van der Waals surface area contributed by atoms with Crippen molar-refractivity contribution in [1.82, 2.24) is 10.6 Å². The predicted molar refractivity (Wildman–Crippen MR) is 57.2 cm³/mol. The number of carbonyl (C=O) groups is 2. The monoisotopic (exact) mass is 230 g/mol. The van der Waals surface area contributed by atoms with Gasteiger partial charge in [-0.3, -0.25) is 4.79 Å². The van der Waals surface area contributed by atoms with Crippen molar-refractivity contribution in [1.29, 1.82) is 0 Å². The number of hydrogen-bond donors (Lipinski definition) is 3. The molecule has 2 amide bonds. The summed E-state index contributed by atoms with van der Waals surface area (Å²) in [6.07, 6.45) is 2.10. The van der Waals surface area contributed by atoms with Crippen LogP contribution in [0.4, 0.5) is 4.79 Å². The summed E-state index contributed by atoms with van der Waals surface area (Å²) in [6, 6.07) is -0.344. The molecule has 1 aliphatic heterocycles. The molecule has 0 aromatic rings.